The number of benzene rings is 1. The van der Waals surface area contributed by atoms with E-state index in [1.807, 2.05) is 36.0 Å². The highest BCUT2D eigenvalue weighted by Gasteiger charge is 2.09. The molecule has 18 heavy (non-hydrogen) atoms. The van der Waals surface area contributed by atoms with Gasteiger partial charge in [-0.05, 0) is 12.1 Å². The van der Waals surface area contributed by atoms with Gasteiger partial charge in [0.15, 0.2) is 10.7 Å². The number of hydrogen-bond donors (Lipinski definition) is 1. The summed E-state index contributed by atoms with van der Waals surface area (Å²) < 4.78 is 7.60. The summed E-state index contributed by atoms with van der Waals surface area (Å²) in [6, 6.07) is 5.55. The van der Waals surface area contributed by atoms with E-state index in [0.29, 0.717) is 17.3 Å². The lowest BCUT2D eigenvalue weighted by atomic mass is 10.3. The van der Waals surface area contributed by atoms with Crippen LogP contribution in [0.1, 0.15) is 5.89 Å². The van der Waals surface area contributed by atoms with Crippen LogP contribution in [0.2, 0.25) is 0 Å². The van der Waals surface area contributed by atoms with Crippen LogP contribution in [0.3, 0.4) is 0 Å². The Morgan fingerprint density at radius 1 is 1.44 bits per heavy atom. The highest BCUT2D eigenvalue weighted by molar-refractivity contribution is 7.98. The quantitative estimate of drug-likeness (QED) is 0.578. The van der Waals surface area contributed by atoms with Crippen LogP contribution in [0.25, 0.3) is 11.1 Å². The van der Waals surface area contributed by atoms with Crippen molar-refractivity contribution in [1.29, 1.82) is 0 Å². The molecule has 0 atom stereocenters. The number of oxazole rings is 1. The predicted octanol–water partition coefficient (Wildman–Crippen LogP) is 2.44. The third-order valence-electron chi connectivity index (χ3n) is 2.60. The standard InChI is InChI=1S/C12H12N4OS/c1-16-6-5-14-12(16)18-7-10-15-11-8(13)3-2-4-9(11)17-10/h2-6H,7,13H2,1H3. The number of nitrogens with zero attached hydrogens (tertiary/aromatic N) is 3. The van der Waals surface area contributed by atoms with E-state index in [2.05, 4.69) is 9.97 Å². The molecule has 0 aliphatic carbocycles. The van der Waals surface area contributed by atoms with Crippen LogP contribution >= 0.6 is 11.8 Å². The summed E-state index contributed by atoms with van der Waals surface area (Å²) in [5.41, 5.74) is 7.94. The van der Waals surface area contributed by atoms with Crippen molar-refractivity contribution in [2.24, 2.45) is 7.05 Å². The van der Waals surface area contributed by atoms with Crippen molar-refractivity contribution in [3.05, 3.63) is 36.5 Å². The van der Waals surface area contributed by atoms with E-state index in [4.69, 9.17) is 10.2 Å². The van der Waals surface area contributed by atoms with Gasteiger partial charge in [-0.15, -0.1) is 0 Å². The Balaban J connectivity index is 1.83. The molecule has 2 aromatic heterocycles. The second kappa shape index (κ2) is 4.38. The number of thioether (sulfide) groups is 1. The zero-order valence-electron chi connectivity index (χ0n) is 9.83. The highest BCUT2D eigenvalue weighted by Crippen LogP contribution is 2.25. The summed E-state index contributed by atoms with van der Waals surface area (Å²) in [5, 5.41) is 0.935. The zero-order valence-corrected chi connectivity index (χ0v) is 10.6. The van der Waals surface area contributed by atoms with Crippen LogP contribution in [0.15, 0.2) is 40.2 Å². The molecule has 0 saturated heterocycles. The first-order chi connectivity index (χ1) is 8.74. The van der Waals surface area contributed by atoms with E-state index in [1.54, 1.807) is 18.0 Å². The van der Waals surface area contributed by atoms with Gasteiger partial charge in [0.25, 0.3) is 0 Å². The first kappa shape index (κ1) is 11.2. The number of aryl methyl sites for hydroxylation is 1. The number of anilines is 1. The van der Waals surface area contributed by atoms with Crippen LogP contribution in [0, 0.1) is 0 Å². The molecule has 1 aromatic carbocycles. The van der Waals surface area contributed by atoms with Gasteiger partial charge in [0, 0.05) is 19.4 Å². The van der Waals surface area contributed by atoms with Crippen molar-refractivity contribution < 1.29 is 4.42 Å². The lowest BCUT2D eigenvalue weighted by molar-refractivity contribution is 0.555. The maximum absolute atomic E-state index is 5.84. The summed E-state index contributed by atoms with van der Waals surface area (Å²) in [4.78, 5) is 8.63. The molecular weight excluding hydrogens is 248 g/mol. The smallest absolute Gasteiger partial charge is 0.206 e. The Labute approximate surface area is 108 Å². The average molecular weight is 260 g/mol. The fourth-order valence-electron chi connectivity index (χ4n) is 1.69. The highest BCUT2D eigenvalue weighted by atomic mass is 32.2. The Bertz CT molecular complexity index is 688. The van der Waals surface area contributed by atoms with E-state index >= 15 is 0 Å². The predicted molar refractivity (Wildman–Crippen MR) is 71.2 cm³/mol. The summed E-state index contributed by atoms with van der Waals surface area (Å²) in [5.74, 6) is 1.30. The zero-order chi connectivity index (χ0) is 12.5. The molecule has 0 spiro atoms. The van der Waals surface area contributed by atoms with E-state index in [-0.39, 0.29) is 0 Å². The molecule has 0 aliphatic rings. The molecule has 5 nitrogen and oxygen atoms in total. The molecule has 0 aliphatic heterocycles. The van der Waals surface area contributed by atoms with E-state index < -0.39 is 0 Å². The molecule has 92 valence electrons. The van der Waals surface area contributed by atoms with Crippen molar-refractivity contribution in [3.63, 3.8) is 0 Å². The molecule has 6 heteroatoms. The Hall–Kier alpha value is -1.95. The maximum atomic E-state index is 5.84. The van der Waals surface area contributed by atoms with Gasteiger partial charge in [-0.1, -0.05) is 17.8 Å². The number of para-hydroxylation sites is 1. The monoisotopic (exact) mass is 260 g/mol. The van der Waals surface area contributed by atoms with Crippen LogP contribution in [0.4, 0.5) is 5.69 Å². The SMILES string of the molecule is Cn1ccnc1SCc1nc2c(N)cccc2o1. The lowest BCUT2D eigenvalue weighted by Crippen LogP contribution is -1.90. The van der Waals surface area contributed by atoms with E-state index in [1.165, 1.54) is 0 Å². The summed E-state index contributed by atoms with van der Waals surface area (Å²) in [6.45, 7) is 0. The maximum Gasteiger partial charge on any atom is 0.206 e. The molecule has 0 unspecified atom stereocenters. The van der Waals surface area contributed by atoms with Crippen LogP contribution in [0.5, 0.6) is 0 Å². The van der Waals surface area contributed by atoms with Gasteiger partial charge in [-0.25, -0.2) is 9.97 Å². The number of rotatable bonds is 3. The van der Waals surface area contributed by atoms with Gasteiger partial charge < -0.3 is 14.7 Å². The van der Waals surface area contributed by atoms with E-state index in [9.17, 15) is 0 Å². The van der Waals surface area contributed by atoms with Crippen molar-refractivity contribution in [2.75, 3.05) is 5.73 Å². The summed E-state index contributed by atoms with van der Waals surface area (Å²) in [7, 11) is 1.96. The van der Waals surface area contributed by atoms with E-state index in [0.717, 1.165) is 16.3 Å². The number of nitrogens with two attached hydrogens (primary N) is 1. The number of nitrogen functional groups attached to an aromatic ring is 1. The van der Waals surface area contributed by atoms with Crippen molar-refractivity contribution in [2.45, 2.75) is 10.9 Å². The van der Waals surface area contributed by atoms with Crippen molar-refractivity contribution in [1.82, 2.24) is 14.5 Å². The molecule has 3 aromatic rings. The largest absolute Gasteiger partial charge is 0.440 e. The third kappa shape index (κ3) is 1.95. The second-order valence-corrected chi connectivity index (χ2v) is 4.85. The van der Waals surface area contributed by atoms with Crippen LogP contribution < -0.4 is 5.73 Å². The Morgan fingerprint density at radius 3 is 3.06 bits per heavy atom. The summed E-state index contributed by atoms with van der Waals surface area (Å²) in [6.07, 6.45) is 3.68. The first-order valence-electron chi connectivity index (χ1n) is 5.48. The number of aromatic nitrogens is 3. The van der Waals surface area contributed by atoms with Gasteiger partial charge >= 0.3 is 0 Å². The molecular formula is C12H12N4OS. The number of hydrogen-bond acceptors (Lipinski definition) is 5. The van der Waals surface area contributed by atoms with Gasteiger partial charge in [-0.2, -0.15) is 0 Å². The molecule has 0 bridgehead atoms. The van der Waals surface area contributed by atoms with Gasteiger partial charge in [0.1, 0.15) is 5.52 Å². The topological polar surface area (TPSA) is 69.9 Å². The number of fused-ring (bicyclic) bond motifs is 1. The minimum absolute atomic E-state index is 0.638. The third-order valence-corrected chi connectivity index (χ3v) is 3.64. The summed E-state index contributed by atoms with van der Waals surface area (Å²) >= 11 is 1.58. The molecule has 2 heterocycles. The number of imidazole rings is 1. The van der Waals surface area contributed by atoms with Crippen molar-refractivity contribution in [3.8, 4) is 0 Å². The molecule has 2 N–H and O–H groups in total. The van der Waals surface area contributed by atoms with Gasteiger partial charge in [-0.3, -0.25) is 0 Å². The Morgan fingerprint density at radius 2 is 2.33 bits per heavy atom. The van der Waals surface area contributed by atoms with Crippen LogP contribution in [-0.2, 0) is 12.8 Å². The molecule has 3 rings (SSSR count). The van der Waals surface area contributed by atoms with Gasteiger partial charge in [0.2, 0.25) is 5.89 Å². The normalized spacial score (nSPS) is 11.2. The fraction of sp³-hybridized carbons (Fsp3) is 0.167. The molecule has 0 radical (unpaired) electrons. The molecule has 0 saturated carbocycles. The Kier molecular flexibility index (Phi) is 2.71. The van der Waals surface area contributed by atoms with Crippen molar-refractivity contribution >= 4 is 28.5 Å². The minimum atomic E-state index is 0.638. The average Bonchev–Trinajstić information content (AvgIpc) is 2.93. The fourth-order valence-corrected chi connectivity index (χ4v) is 2.47. The molecule has 0 amide bonds. The van der Waals surface area contributed by atoms with Gasteiger partial charge in [0.05, 0.1) is 11.4 Å². The minimum Gasteiger partial charge on any atom is -0.440 e. The lowest BCUT2D eigenvalue weighted by Gasteiger charge is -1.97. The van der Waals surface area contributed by atoms with Crippen LogP contribution in [-0.4, -0.2) is 14.5 Å². The first-order valence-corrected chi connectivity index (χ1v) is 6.46. The molecule has 0 fully saturated rings. The second-order valence-electron chi connectivity index (χ2n) is 3.91.